The highest BCUT2D eigenvalue weighted by atomic mass is 16.2. The third kappa shape index (κ3) is 4.66. The van der Waals surface area contributed by atoms with Crippen molar-refractivity contribution in [2.75, 3.05) is 11.9 Å². The maximum atomic E-state index is 13.4. The summed E-state index contributed by atoms with van der Waals surface area (Å²) in [5, 5.41) is 12.8. The number of likely N-dealkylation sites (tertiary alicyclic amines) is 1. The molecule has 2 atom stereocenters. The number of benzene rings is 2. The van der Waals surface area contributed by atoms with Crippen molar-refractivity contribution < 1.29 is 14.4 Å². The summed E-state index contributed by atoms with van der Waals surface area (Å²) in [6, 6.07) is 15.1. The van der Waals surface area contributed by atoms with Gasteiger partial charge in [-0.2, -0.15) is 5.10 Å². The van der Waals surface area contributed by atoms with Crippen LogP contribution in [-0.4, -0.2) is 50.4 Å². The number of anilines is 1. The van der Waals surface area contributed by atoms with E-state index in [1.165, 1.54) is 6.92 Å². The van der Waals surface area contributed by atoms with Crippen LogP contribution in [0.3, 0.4) is 0 Å². The fourth-order valence-corrected chi connectivity index (χ4v) is 3.88. The van der Waals surface area contributed by atoms with Gasteiger partial charge in [-0.15, -0.1) is 0 Å². The van der Waals surface area contributed by atoms with Crippen LogP contribution >= 0.6 is 0 Å². The Hall–Kier alpha value is -4.01. The number of carbonyl (C=O) groups excluding carboxylic acids is 3. The monoisotopic (exact) mass is 432 g/mol. The van der Waals surface area contributed by atoms with Crippen LogP contribution in [0, 0.1) is 6.92 Å². The third-order valence-corrected chi connectivity index (χ3v) is 5.28. The Kier molecular flexibility index (Phi) is 5.98. The van der Waals surface area contributed by atoms with Crippen LogP contribution in [0.25, 0.3) is 0 Å². The first-order chi connectivity index (χ1) is 15.4. The Labute approximate surface area is 185 Å². The summed E-state index contributed by atoms with van der Waals surface area (Å²) < 4.78 is 0. The van der Waals surface area contributed by atoms with Gasteiger partial charge in [-0.3, -0.25) is 19.5 Å². The fraction of sp³-hybridized carbons (Fsp3) is 0.261. The highest BCUT2D eigenvalue weighted by Crippen LogP contribution is 2.32. The number of carbonyl (C=O) groups is 3. The molecule has 1 aromatic heterocycles. The molecule has 2 heterocycles. The molecule has 0 bridgehead atoms. The van der Waals surface area contributed by atoms with Gasteiger partial charge in [0.15, 0.2) is 5.82 Å². The Bertz CT molecular complexity index is 1140. The van der Waals surface area contributed by atoms with E-state index in [1.807, 2.05) is 6.07 Å². The summed E-state index contributed by atoms with van der Waals surface area (Å²) in [6.07, 6.45) is 0.493. The summed E-state index contributed by atoms with van der Waals surface area (Å²) in [4.78, 5) is 43.5. The van der Waals surface area contributed by atoms with Gasteiger partial charge in [-0.05, 0) is 43.7 Å². The number of aryl methyl sites for hydroxylation is 1. The smallest absolute Gasteiger partial charge is 0.254 e. The van der Waals surface area contributed by atoms with E-state index in [-0.39, 0.29) is 23.8 Å². The van der Waals surface area contributed by atoms with E-state index in [0.29, 0.717) is 41.4 Å². The molecule has 0 aliphatic carbocycles. The Morgan fingerprint density at radius 3 is 2.50 bits per heavy atom. The molecule has 2 aromatic carbocycles. The standard InChI is InChI=1S/C23H24N6O3/c1-14-24-21(28-27-14)20-12-19(26-22(31)16-7-4-3-5-8-16)13-29(20)23(32)17-9-6-10-18(11-17)25-15(2)30/h3-11,19-20H,12-13H2,1-2H3,(H,25,30)(H,26,31)(H,24,27,28)/t19-,20-/m0/s1. The van der Waals surface area contributed by atoms with Crippen molar-refractivity contribution in [2.45, 2.75) is 32.4 Å². The van der Waals surface area contributed by atoms with E-state index in [1.54, 1.807) is 60.4 Å². The minimum atomic E-state index is -0.391. The molecule has 3 N–H and O–H groups in total. The van der Waals surface area contributed by atoms with Crippen molar-refractivity contribution in [2.24, 2.45) is 0 Å². The normalized spacial score (nSPS) is 17.8. The summed E-state index contributed by atoms with van der Waals surface area (Å²) in [5.74, 6) is 0.527. The highest BCUT2D eigenvalue weighted by molar-refractivity contribution is 5.97. The summed E-state index contributed by atoms with van der Waals surface area (Å²) >= 11 is 0. The molecule has 0 spiro atoms. The van der Waals surface area contributed by atoms with E-state index in [2.05, 4.69) is 25.8 Å². The van der Waals surface area contributed by atoms with E-state index in [0.717, 1.165) is 0 Å². The number of rotatable bonds is 5. The number of nitrogens with one attached hydrogen (secondary N) is 3. The molecule has 4 rings (SSSR count). The average Bonchev–Trinajstić information content (AvgIpc) is 3.39. The second-order valence-electron chi connectivity index (χ2n) is 7.79. The van der Waals surface area contributed by atoms with Crippen molar-refractivity contribution in [1.82, 2.24) is 25.4 Å². The summed E-state index contributed by atoms with van der Waals surface area (Å²) in [7, 11) is 0. The minimum Gasteiger partial charge on any atom is -0.347 e. The van der Waals surface area contributed by atoms with Gasteiger partial charge in [-0.1, -0.05) is 24.3 Å². The molecule has 3 aromatic rings. The molecule has 1 fully saturated rings. The van der Waals surface area contributed by atoms with Gasteiger partial charge in [0, 0.05) is 36.3 Å². The van der Waals surface area contributed by atoms with E-state index in [9.17, 15) is 14.4 Å². The number of H-pyrrole nitrogens is 1. The molecule has 9 nitrogen and oxygen atoms in total. The Morgan fingerprint density at radius 2 is 1.81 bits per heavy atom. The van der Waals surface area contributed by atoms with Crippen molar-refractivity contribution in [3.05, 3.63) is 77.4 Å². The molecule has 1 saturated heterocycles. The SMILES string of the molecule is CC(=O)Nc1cccc(C(=O)N2C[C@@H](NC(=O)c3ccccc3)C[C@H]2c2n[nH]c(C)n2)c1. The molecular weight excluding hydrogens is 408 g/mol. The molecule has 3 amide bonds. The molecular formula is C23H24N6O3. The first kappa shape index (κ1) is 21.2. The van der Waals surface area contributed by atoms with Crippen molar-refractivity contribution >= 4 is 23.4 Å². The zero-order valence-electron chi connectivity index (χ0n) is 17.8. The predicted octanol–water partition coefficient (Wildman–Crippen LogP) is 2.46. The van der Waals surface area contributed by atoms with Crippen molar-refractivity contribution in [3.63, 3.8) is 0 Å². The largest absolute Gasteiger partial charge is 0.347 e. The Morgan fingerprint density at radius 1 is 1.06 bits per heavy atom. The van der Waals surface area contributed by atoms with Gasteiger partial charge in [0.25, 0.3) is 11.8 Å². The number of amides is 3. The molecule has 164 valence electrons. The molecule has 9 heteroatoms. The third-order valence-electron chi connectivity index (χ3n) is 5.28. The topological polar surface area (TPSA) is 120 Å². The second-order valence-corrected chi connectivity index (χ2v) is 7.79. The molecule has 32 heavy (non-hydrogen) atoms. The van der Waals surface area contributed by atoms with Crippen LogP contribution in [-0.2, 0) is 4.79 Å². The zero-order chi connectivity index (χ0) is 22.7. The first-order valence-corrected chi connectivity index (χ1v) is 10.3. The van der Waals surface area contributed by atoms with Gasteiger partial charge in [0.05, 0.1) is 6.04 Å². The lowest BCUT2D eigenvalue weighted by atomic mass is 10.1. The van der Waals surface area contributed by atoms with Crippen molar-refractivity contribution in [1.29, 1.82) is 0 Å². The maximum Gasteiger partial charge on any atom is 0.254 e. The van der Waals surface area contributed by atoms with Crippen LogP contribution in [0.5, 0.6) is 0 Å². The number of hydrogen-bond acceptors (Lipinski definition) is 5. The fourth-order valence-electron chi connectivity index (χ4n) is 3.88. The molecule has 0 unspecified atom stereocenters. The first-order valence-electron chi connectivity index (χ1n) is 10.3. The second kappa shape index (κ2) is 9.01. The molecule has 0 radical (unpaired) electrons. The van der Waals surface area contributed by atoms with Crippen LogP contribution in [0.15, 0.2) is 54.6 Å². The van der Waals surface area contributed by atoms with Crippen molar-refractivity contribution in [3.8, 4) is 0 Å². The summed E-state index contributed by atoms with van der Waals surface area (Å²) in [5.41, 5.74) is 1.54. The van der Waals surface area contributed by atoms with Crippen LogP contribution < -0.4 is 10.6 Å². The van der Waals surface area contributed by atoms with Crippen LogP contribution in [0.4, 0.5) is 5.69 Å². The van der Waals surface area contributed by atoms with E-state index in [4.69, 9.17) is 0 Å². The van der Waals surface area contributed by atoms with E-state index < -0.39 is 6.04 Å². The lowest BCUT2D eigenvalue weighted by molar-refractivity contribution is -0.114. The lowest BCUT2D eigenvalue weighted by Gasteiger charge is -2.22. The lowest BCUT2D eigenvalue weighted by Crippen LogP contribution is -2.38. The van der Waals surface area contributed by atoms with Gasteiger partial charge in [0.2, 0.25) is 5.91 Å². The Balaban J connectivity index is 1.57. The quantitative estimate of drug-likeness (QED) is 0.572. The number of aromatic amines is 1. The molecule has 0 saturated carbocycles. The van der Waals surface area contributed by atoms with E-state index >= 15 is 0 Å². The van der Waals surface area contributed by atoms with Gasteiger partial charge in [-0.25, -0.2) is 4.98 Å². The predicted molar refractivity (Wildman–Crippen MR) is 118 cm³/mol. The number of aromatic nitrogens is 3. The molecule has 1 aliphatic rings. The summed E-state index contributed by atoms with van der Waals surface area (Å²) in [6.45, 7) is 3.53. The van der Waals surface area contributed by atoms with Gasteiger partial charge >= 0.3 is 0 Å². The van der Waals surface area contributed by atoms with Crippen LogP contribution in [0.1, 0.15) is 51.8 Å². The number of hydrogen-bond donors (Lipinski definition) is 3. The van der Waals surface area contributed by atoms with Crippen LogP contribution in [0.2, 0.25) is 0 Å². The van der Waals surface area contributed by atoms with Gasteiger partial charge < -0.3 is 15.5 Å². The number of nitrogens with zero attached hydrogens (tertiary/aromatic N) is 3. The zero-order valence-corrected chi connectivity index (χ0v) is 17.8. The minimum absolute atomic E-state index is 0.192. The highest BCUT2D eigenvalue weighted by Gasteiger charge is 2.39. The maximum absolute atomic E-state index is 13.4. The molecule has 1 aliphatic heterocycles. The van der Waals surface area contributed by atoms with Gasteiger partial charge in [0.1, 0.15) is 5.82 Å². The average molecular weight is 432 g/mol.